The Balaban J connectivity index is 2.00. The number of aliphatic hydroxyl groups is 1. The number of nitrogens with one attached hydrogen (secondary N) is 1. The number of β-amino-alcohol motifs (C(OH)–C–C–N with tert-alkyl or cyclic N) is 1. The molecule has 5 heteroatoms. The summed E-state index contributed by atoms with van der Waals surface area (Å²) in [6.45, 7) is 1.33. The highest BCUT2D eigenvalue weighted by atomic mass is 16.3. The summed E-state index contributed by atoms with van der Waals surface area (Å²) in [6, 6.07) is 7.08. The number of anilines is 1. The molecule has 1 saturated heterocycles. The Kier molecular flexibility index (Phi) is 4.39. The summed E-state index contributed by atoms with van der Waals surface area (Å²) < 4.78 is 0. The molecule has 19 heavy (non-hydrogen) atoms. The number of aliphatic hydroxyl groups excluding tert-OH is 1. The summed E-state index contributed by atoms with van der Waals surface area (Å²) in [6.07, 6.45) is 1.26. The maximum absolute atomic E-state index is 11.7. The third-order valence-corrected chi connectivity index (χ3v) is 3.64. The molecule has 1 amide bonds. The van der Waals surface area contributed by atoms with Gasteiger partial charge in [-0.2, -0.15) is 0 Å². The van der Waals surface area contributed by atoms with E-state index in [1.165, 1.54) is 0 Å². The molecule has 0 aliphatic carbocycles. The highest BCUT2D eigenvalue weighted by Gasteiger charge is 2.31. The van der Waals surface area contributed by atoms with Crippen LogP contribution >= 0.6 is 0 Å². The number of rotatable bonds is 4. The molecule has 0 spiro atoms. The predicted molar refractivity (Wildman–Crippen MR) is 74.5 cm³/mol. The summed E-state index contributed by atoms with van der Waals surface area (Å²) in [7, 11) is 1.65. The van der Waals surface area contributed by atoms with Crippen molar-refractivity contribution in [3.8, 4) is 0 Å². The molecule has 0 bridgehead atoms. The fourth-order valence-corrected chi connectivity index (χ4v) is 2.55. The highest BCUT2D eigenvalue weighted by molar-refractivity contribution is 5.81. The summed E-state index contributed by atoms with van der Waals surface area (Å²) in [5.74, 6) is 0.0296. The SMILES string of the molecule is CNC(=O)C1CCCN1CC(O)c1ccc(N)cc1. The van der Waals surface area contributed by atoms with Crippen molar-refractivity contribution in [1.29, 1.82) is 0 Å². The van der Waals surface area contributed by atoms with Crippen LogP contribution in [0.1, 0.15) is 24.5 Å². The number of carbonyl (C=O) groups is 1. The Morgan fingerprint density at radius 2 is 2.21 bits per heavy atom. The van der Waals surface area contributed by atoms with E-state index < -0.39 is 6.10 Å². The lowest BCUT2D eigenvalue weighted by atomic mass is 10.1. The molecule has 5 nitrogen and oxygen atoms in total. The fraction of sp³-hybridized carbons (Fsp3) is 0.500. The largest absolute Gasteiger partial charge is 0.399 e. The van der Waals surface area contributed by atoms with Crippen molar-refractivity contribution in [2.75, 3.05) is 25.9 Å². The molecule has 2 unspecified atom stereocenters. The first kappa shape index (κ1) is 13.8. The second kappa shape index (κ2) is 6.04. The first-order valence-corrected chi connectivity index (χ1v) is 6.61. The third kappa shape index (κ3) is 3.24. The van der Waals surface area contributed by atoms with E-state index >= 15 is 0 Å². The quantitative estimate of drug-likeness (QED) is 0.692. The van der Waals surface area contributed by atoms with Gasteiger partial charge in [-0.25, -0.2) is 0 Å². The van der Waals surface area contributed by atoms with Crippen LogP contribution in [0.3, 0.4) is 0 Å². The zero-order valence-corrected chi connectivity index (χ0v) is 11.2. The molecule has 1 aromatic rings. The number of nitrogens with two attached hydrogens (primary N) is 1. The number of amides is 1. The lowest BCUT2D eigenvalue weighted by Crippen LogP contribution is -2.43. The minimum atomic E-state index is -0.592. The van der Waals surface area contributed by atoms with Crippen molar-refractivity contribution in [3.05, 3.63) is 29.8 Å². The molecule has 1 aliphatic heterocycles. The molecule has 4 N–H and O–H groups in total. The molecule has 1 aromatic carbocycles. The van der Waals surface area contributed by atoms with Gasteiger partial charge < -0.3 is 16.2 Å². The van der Waals surface area contributed by atoms with Gasteiger partial charge in [-0.3, -0.25) is 9.69 Å². The van der Waals surface area contributed by atoms with Gasteiger partial charge in [0.1, 0.15) is 0 Å². The number of benzene rings is 1. The Labute approximate surface area is 113 Å². The lowest BCUT2D eigenvalue weighted by Gasteiger charge is -2.25. The highest BCUT2D eigenvalue weighted by Crippen LogP contribution is 2.22. The minimum Gasteiger partial charge on any atom is -0.399 e. The van der Waals surface area contributed by atoms with E-state index in [0.717, 1.165) is 24.9 Å². The molecule has 104 valence electrons. The zero-order chi connectivity index (χ0) is 13.8. The van der Waals surface area contributed by atoms with Crippen LogP contribution in [0.5, 0.6) is 0 Å². The Hall–Kier alpha value is -1.59. The smallest absolute Gasteiger partial charge is 0.237 e. The number of nitrogen functional groups attached to an aromatic ring is 1. The maximum atomic E-state index is 11.7. The van der Waals surface area contributed by atoms with Gasteiger partial charge in [0.15, 0.2) is 0 Å². The maximum Gasteiger partial charge on any atom is 0.237 e. The first-order chi connectivity index (χ1) is 9.11. The normalized spacial score (nSPS) is 21.3. The third-order valence-electron chi connectivity index (χ3n) is 3.64. The monoisotopic (exact) mass is 263 g/mol. The summed E-state index contributed by atoms with van der Waals surface area (Å²) in [5, 5.41) is 12.9. The van der Waals surface area contributed by atoms with E-state index in [9.17, 15) is 9.90 Å². The van der Waals surface area contributed by atoms with Crippen molar-refractivity contribution >= 4 is 11.6 Å². The predicted octanol–water partition coefficient (Wildman–Crippen LogP) is 0.513. The van der Waals surface area contributed by atoms with Crippen LogP contribution in [0.2, 0.25) is 0 Å². The molecule has 0 radical (unpaired) electrons. The van der Waals surface area contributed by atoms with Gasteiger partial charge in [0.05, 0.1) is 12.1 Å². The topological polar surface area (TPSA) is 78.6 Å². The fourth-order valence-electron chi connectivity index (χ4n) is 2.55. The van der Waals surface area contributed by atoms with Gasteiger partial charge in [-0.1, -0.05) is 12.1 Å². The van der Waals surface area contributed by atoms with E-state index in [2.05, 4.69) is 5.32 Å². The van der Waals surface area contributed by atoms with E-state index in [1.807, 2.05) is 17.0 Å². The van der Waals surface area contributed by atoms with Crippen molar-refractivity contribution in [1.82, 2.24) is 10.2 Å². The van der Waals surface area contributed by atoms with Gasteiger partial charge in [-0.15, -0.1) is 0 Å². The zero-order valence-electron chi connectivity index (χ0n) is 11.2. The molecule has 0 aromatic heterocycles. The molecule has 1 aliphatic rings. The average Bonchev–Trinajstić information content (AvgIpc) is 2.86. The molecule has 1 fully saturated rings. The molecular weight excluding hydrogens is 242 g/mol. The number of hydrogen-bond acceptors (Lipinski definition) is 4. The van der Waals surface area contributed by atoms with E-state index in [1.54, 1.807) is 19.2 Å². The Bertz CT molecular complexity index is 433. The number of likely N-dealkylation sites (N-methyl/N-ethyl adjacent to an activating group) is 1. The van der Waals surface area contributed by atoms with Crippen LogP contribution < -0.4 is 11.1 Å². The lowest BCUT2D eigenvalue weighted by molar-refractivity contribution is -0.125. The van der Waals surface area contributed by atoms with Crippen LogP contribution in [-0.4, -0.2) is 42.1 Å². The minimum absolute atomic E-state index is 0.0296. The van der Waals surface area contributed by atoms with Gasteiger partial charge >= 0.3 is 0 Å². The summed E-state index contributed by atoms with van der Waals surface area (Å²) in [5.41, 5.74) is 7.14. The molecule has 2 rings (SSSR count). The molecule has 0 saturated carbocycles. The van der Waals surface area contributed by atoms with Gasteiger partial charge in [0.2, 0.25) is 5.91 Å². The van der Waals surface area contributed by atoms with Crippen molar-refractivity contribution in [2.45, 2.75) is 25.0 Å². The first-order valence-electron chi connectivity index (χ1n) is 6.61. The van der Waals surface area contributed by atoms with Crippen LogP contribution in [-0.2, 0) is 4.79 Å². The number of hydrogen-bond donors (Lipinski definition) is 3. The van der Waals surface area contributed by atoms with E-state index in [-0.39, 0.29) is 11.9 Å². The van der Waals surface area contributed by atoms with Crippen molar-refractivity contribution < 1.29 is 9.90 Å². The number of likely N-dealkylation sites (tertiary alicyclic amines) is 1. The van der Waals surface area contributed by atoms with Gasteiger partial charge in [0.25, 0.3) is 0 Å². The van der Waals surface area contributed by atoms with E-state index in [4.69, 9.17) is 5.73 Å². The summed E-state index contributed by atoms with van der Waals surface area (Å²) in [4.78, 5) is 13.8. The van der Waals surface area contributed by atoms with Gasteiger partial charge in [-0.05, 0) is 37.1 Å². The summed E-state index contributed by atoms with van der Waals surface area (Å²) >= 11 is 0. The van der Waals surface area contributed by atoms with Gasteiger partial charge in [0, 0.05) is 19.3 Å². The molecule has 2 atom stereocenters. The Morgan fingerprint density at radius 3 is 2.84 bits per heavy atom. The second-order valence-corrected chi connectivity index (χ2v) is 4.95. The molecular formula is C14H21N3O2. The molecule has 1 heterocycles. The van der Waals surface area contributed by atoms with Crippen molar-refractivity contribution in [3.63, 3.8) is 0 Å². The number of nitrogens with zero attached hydrogens (tertiary/aromatic N) is 1. The second-order valence-electron chi connectivity index (χ2n) is 4.95. The average molecular weight is 263 g/mol. The van der Waals surface area contributed by atoms with Crippen LogP contribution in [0.25, 0.3) is 0 Å². The van der Waals surface area contributed by atoms with Crippen LogP contribution in [0.4, 0.5) is 5.69 Å². The van der Waals surface area contributed by atoms with Crippen LogP contribution in [0, 0.1) is 0 Å². The van der Waals surface area contributed by atoms with E-state index in [0.29, 0.717) is 12.2 Å². The van der Waals surface area contributed by atoms with Crippen molar-refractivity contribution in [2.24, 2.45) is 0 Å². The Morgan fingerprint density at radius 1 is 1.53 bits per heavy atom. The number of carbonyl (C=O) groups excluding carboxylic acids is 1. The standard InChI is InChI=1S/C14H21N3O2/c1-16-14(19)12-3-2-8-17(12)9-13(18)10-4-6-11(15)7-5-10/h4-7,12-13,18H,2-3,8-9,15H2,1H3,(H,16,19). The van der Waals surface area contributed by atoms with Crippen LogP contribution in [0.15, 0.2) is 24.3 Å².